The summed E-state index contributed by atoms with van der Waals surface area (Å²) in [7, 11) is 0. The molecular weight excluding hydrogens is 305 g/mol. The van der Waals surface area contributed by atoms with Crippen molar-refractivity contribution < 1.29 is 18.0 Å². The minimum atomic E-state index is -4.46. The average molecular weight is 325 g/mol. The van der Waals surface area contributed by atoms with Gasteiger partial charge in [-0.1, -0.05) is 13.8 Å². The van der Waals surface area contributed by atoms with Gasteiger partial charge < -0.3 is 11.1 Å². The summed E-state index contributed by atoms with van der Waals surface area (Å²) in [4.78, 5) is 11.9. The smallest absolute Gasteiger partial charge is 0.326 e. The van der Waals surface area contributed by atoms with Crippen LogP contribution in [0.1, 0.15) is 37.8 Å². The van der Waals surface area contributed by atoms with Gasteiger partial charge in [-0.3, -0.25) is 4.79 Å². The molecule has 3 nitrogen and oxygen atoms in total. The number of benzene rings is 1. The second-order valence-electron chi connectivity index (χ2n) is 4.62. The van der Waals surface area contributed by atoms with Crippen LogP contribution in [0.4, 0.5) is 18.9 Å². The number of hydrogen-bond acceptors (Lipinski definition) is 2. The van der Waals surface area contributed by atoms with E-state index in [0.717, 1.165) is 12.1 Å². The molecule has 0 spiro atoms. The summed E-state index contributed by atoms with van der Waals surface area (Å²) in [5, 5.41) is 2.54. The van der Waals surface area contributed by atoms with Crippen LogP contribution in [0.25, 0.3) is 0 Å². The molecule has 1 rings (SSSR count). The number of nitrogens with two attached hydrogens (primary N) is 1. The van der Waals surface area contributed by atoms with Crippen LogP contribution >= 0.6 is 12.4 Å². The van der Waals surface area contributed by atoms with Crippen molar-refractivity contribution >= 4 is 24.0 Å². The molecule has 0 fully saturated rings. The van der Waals surface area contributed by atoms with Crippen LogP contribution in [-0.2, 0) is 17.5 Å². The Kier molecular flexibility index (Phi) is 7.74. The van der Waals surface area contributed by atoms with Crippen molar-refractivity contribution in [3.05, 3.63) is 29.3 Å². The average Bonchev–Trinajstić information content (AvgIpc) is 2.38. The fourth-order valence-corrected chi connectivity index (χ4v) is 1.95. The lowest BCUT2D eigenvalue weighted by Gasteiger charge is -2.15. The van der Waals surface area contributed by atoms with E-state index in [4.69, 9.17) is 5.73 Å². The summed E-state index contributed by atoms with van der Waals surface area (Å²) in [5.74, 6) is -0.469. The van der Waals surface area contributed by atoms with E-state index in [0.29, 0.717) is 18.4 Å². The van der Waals surface area contributed by atoms with Gasteiger partial charge in [0.25, 0.3) is 0 Å². The third kappa shape index (κ3) is 5.55. The van der Waals surface area contributed by atoms with Crippen LogP contribution in [0.5, 0.6) is 0 Å². The Morgan fingerprint density at radius 1 is 1.24 bits per heavy atom. The fourth-order valence-electron chi connectivity index (χ4n) is 1.95. The summed E-state index contributed by atoms with van der Waals surface area (Å²) >= 11 is 0. The van der Waals surface area contributed by atoms with E-state index >= 15 is 0 Å². The molecule has 0 saturated heterocycles. The van der Waals surface area contributed by atoms with Crippen molar-refractivity contribution in [1.82, 2.24) is 0 Å². The van der Waals surface area contributed by atoms with Gasteiger partial charge in [0.15, 0.2) is 0 Å². The first-order valence-electron chi connectivity index (χ1n) is 6.53. The second kappa shape index (κ2) is 8.24. The van der Waals surface area contributed by atoms with Gasteiger partial charge >= 0.3 is 6.18 Å². The number of carbonyl (C=O) groups excluding carboxylic acids is 1. The minimum Gasteiger partial charge on any atom is -0.326 e. The van der Waals surface area contributed by atoms with Crippen LogP contribution in [0.15, 0.2) is 18.2 Å². The molecule has 0 saturated carbocycles. The zero-order valence-electron chi connectivity index (χ0n) is 12.0. The number of halogens is 4. The maximum atomic E-state index is 12.8. The van der Waals surface area contributed by atoms with E-state index < -0.39 is 11.7 Å². The highest BCUT2D eigenvalue weighted by atomic mass is 35.5. The summed E-state index contributed by atoms with van der Waals surface area (Å²) < 4.78 is 38.3. The first-order valence-corrected chi connectivity index (χ1v) is 6.53. The predicted octanol–water partition coefficient (Wildman–Crippen LogP) is 3.96. The first kappa shape index (κ1) is 19.7. The predicted molar refractivity (Wildman–Crippen MR) is 79.3 cm³/mol. The molecule has 3 N–H and O–H groups in total. The largest absolute Gasteiger partial charge is 0.416 e. The molecule has 0 unspecified atom stereocenters. The summed E-state index contributed by atoms with van der Waals surface area (Å²) in [5.41, 5.74) is 5.06. The lowest BCUT2D eigenvalue weighted by atomic mass is 10.0. The lowest BCUT2D eigenvalue weighted by molar-refractivity contribution is -0.137. The Morgan fingerprint density at radius 2 is 1.81 bits per heavy atom. The van der Waals surface area contributed by atoms with Crippen LogP contribution < -0.4 is 11.1 Å². The van der Waals surface area contributed by atoms with Crippen molar-refractivity contribution in [1.29, 1.82) is 0 Å². The van der Waals surface area contributed by atoms with Crippen LogP contribution in [0, 0.1) is 5.92 Å². The molecule has 0 heterocycles. The molecule has 1 amide bonds. The maximum absolute atomic E-state index is 12.8. The van der Waals surface area contributed by atoms with Gasteiger partial charge in [0, 0.05) is 18.2 Å². The normalized spacial score (nSPS) is 11.2. The van der Waals surface area contributed by atoms with E-state index in [9.17, 15) is 18.0 Å². The zero-order chi connectivity index (χ0) is 15.3. The number of alkyl halides is 3. The molecule has 0 aliphatic carbocycles. The molecule has 0 aliphatic heterocycles. The molecule has 1 aromatic rings. The van der Waals surface area contributed by atoms with Gasteiger partial charge in [0.1, 0.15) is 0 Å². The van der Waals surface area contributed by atoms with E-state index in [1.54, 1.807) is 0 Å². The molecule has 0 aliphatic rings. The highest BCUT2D eigenvalue weighted by molar-refractivity contribution is 5.92. The monoisotopic (exact) mass is 324 g/mol. The van der Waals surface area contributed by atoms with Gasteiger partial charge in [0.05, 0.1) is 5.56 Å². The molecule has 21 heavy (non-hydrogen) atoms. The van der Waals surface area contributed by atoms with Crippen molar-refractivity contribution in [2.45, 2.75) is 39.4 Å². The second-order valence-corrected chi connectivity index (χ2v) is 4.62. The van der Waals surface area contributed by atoms with Crippen LogP contribution in [-0.4, -0.2) is 5.91 Å². The maximum Gasteiger partial charge on any atom is 0.416 e. The van der Waals surface area contributed by atoms with Gasteiger partial charge in [-0.05, 0) is 36.6 Å². The summed E-state index contributed by atoms with van der Waals surface area (Å²) in [6.07, 6.45) is -3.17. The summed E-state index contributed by atoms with van der Waals surface area (Å²) in [6.45, 7) is 3.72. The molecule has 7 heteroatoms. The summed E-state index contributed by atoms with van der Waals surface area (Å²) in [6, 6.07) is 3.39. The van der Waals surface area contributed by atoms with Crippen molar-refractivity contribution in [3.8, 4) is 0 Å². The van der Waals surface area contributed by atoms with Crippen molar-refractivity contribution in [2.24, 2.45) is 11.7 Å². The number of amides is 1. The molecule has 1 aromatic carbocycles. The van der Waals surface area contributed by atoms with E-state index in [1.165, 1.54) is 6.07 Å². The first-order chi connectivity index (χ1) is 9.31. The standard InChI is InChI=1S/C14H19F3N2O.ClH/c1-3-10(4-2)13(20)19-12-6-9(8-18)5-11(7-12)14(15,16)17;/h5-7,10H,3-4,8,18H2,1-2H3,(H,19,20);1H. The third-order valence-corrected chi connectivity index (χ3v) is 3.18. The highest BCUT2D eigenvalue weighted by Gasteiger charge is 2.31. The molecule has 0 aromatic heterocycles. The Hall–Kier alpha value is -1.27. The fraction of sp³-hybridized carbons (Fsp3) is 0.500. The minimum absolute atomic E-state index is 0. The molecule has 120 valence electrons. The van der Waals surface area contributed by atoms with Gasteiger partial charge in [0.2, 0.25) is 5.91 Å². The Balaban J connectivity index is 0.00000400. The number of carbonyl (C=O) groups is 1. The van der Waals surface area contributed by atoms with Crippen LogP contribution in [0.3, 0.4) is 0 Å². The van der Waals surface area contributed by atoms with E-state index in [1.807, 2.05) is 13.8 Å². The van der Waals surface area contributed by atoms with Crippen molar-refractivity contribution in [2.75, 3.05) is 5.32 Å². The van der Waals surface area contributed by atoms with Gasteiger partial charge in [-0.2, -0.15) is 13.2 Å². The topological polar surface area (TPSA) is 55.1 Å². The molecule has 0 atom stereocenters. The van der Waals surface area contributed by atoms with Crippen molar-refractivity contribution in [3.63, 3.8) is 0 Å². The van der Waals surface area contributed by atoms with Gasteiger partial charge in [-0.15, -0.1) is 12.4 Å². The van der Waals surface area contributed by atoms with E-state index in [2.05, 4.69) is 5.32 Å². The van der Waals surface area contributed by atoms with Crippen LogP contribution in [0.2, 0.25) is 0 Å². The number of anilines is 1. The number of rotatable bonds is 5. The van der Waals surface area contributed by atoms with E-state index in [-0.39, 0.29) is 36.5 Å². The highest BCUT2D eigenvalue weighted by Crippen LogP contribution is 2.32. The Labute approximate surface area is 128 Å². The Morgan fingerprint density at radius 3 is 2.24 bits per heavy atom. The molecular formula is C14H20ClF3N2O. The lowest BCUT2D eigenvalue weighted by Crippen LogP contribution is -2.22. The number of hydrogen-bond donors (Lipinski definition) is 2. The molecule has 0 radical (unpaired) electrons. The third-order valence-electron chi connectivity index (χ3n) is 3.18. The number of nitrogens with one attached hydrogen (secondary N) is 1. The zero-order valence-corrected chi connectivity index (χ0v) is 12.8. The SMILES string of the molecule is CCC(CC)C(=O)Nc1cc(CN)cc(C(F)(F)F)c1.Cl. The van der Waals surface area contributed by atoms with Gasteiger partial charge in [-0.25, -0.2) is 0 Å². The molecule has 0 bridgehead atoms. The quantitative estimate of drug-likeness (QED) is 0.861. The Bertz CT molecular complexity index is 474.